The third kappa shape index (κ3) is 7.22. The molecule has 0 unspecified atom stereocenters. The number of halogens is 1. The zero-order chi connectivity index (χ0) is 13.6. The fourth-order valence-electron chi connectivity index (χ4n) is 1.58. The lowest BCUT2D eigenvalue weighted by Gasteiger charge is -2.17. The highest BCUT2D eigenvalue weighted by Gasteiger charge is 2.11. The van der Waals surface area contributed by atoms with Crippen molar-refractivity contribution in [1.29, 1.82) is 0 Å². The highest BCUT2D eigenvalue weighted by Crippen LogP contribution is 2.23. The van der Waals surface area contributed by atoms with Crippen LogP contribution in [-0.2, 0) is 4.79 Å². The lowest BCUT2D eigenvalue weighted by Crippen LogP contribution is -2.07. The molecule has 0 aliphatic rings. The van der Waals surface area contributed by atoms with E-state index < -0.39 is 0 Å². The van der Waals surface area contributed by atoms with Gasteiger partial charge in [-0.15, -0.1) is 11.8 Å². The molecule has 1 aromatic rings. The van der Waals surface area contributed by atoms with Crippen LogP contribution in [0.15, 0.2) is 33.6 Å². The Morgan fingerprint density at radius 2 is 1.83 bits per heavy atom. The van der Waals surface area contributed by atoms with Crippen LogP contribution in [0.2, 0.25) is 0 Å². The van der Waals surface area contributed by atoms with Gasteiger partial charge in [-0.25, -0.2) is 0 Å². The Balaban J connectivity index is 2.23. The molecule has 0 spiro atoms. The quantitative estimate of drug-likeness (QED) is 0.657. The van der Waals surface area contributed by atoms with Gasteiger partial charge in [0.15, 0.2) is 0 Å². The summed E-state index contributed by atoms with van der Waals surface area (Å²) in [5, 5.41) is 0. The fraction of sp³-hybridized carbons (Fsp3) is 0.533. The number of Topliss-reactive ketones (excluding diaryl/α,β-unsaturated/α-hetero) is 1. The summed E-state index contributed by atoms with van der Waals surface area (Å²) >= 11 is 5.03. The van der Waals surface area contributed by atoms with Crippen molar-refractivity contribution in [2.24, 2.45) is 5.41 Å². The first-order chi connectivity index (χ1) is 8.37. The molecule has 1 aromatic carbocycles. The molecular weight excluding hydrogens is 308 g/mol. The van der Waals surface area contributed by atoms with E-state index in [1.807, 2.05) is 24.3 Å². The van der Waals surface area contributed by atoms with Crippen molar-refractivity contribution in [2.75, 3.05) is 5.75 Å². The number of carbonyl (C=O) groups excluding carboxylic acids is 1. The lowest BCUT2D eigenvalue weighted by atomic mass is 9.89. The maximum absolute atomic E-state index is 11.7. The van der Waals surface area contributed by atoms with E-state index in [1.54, 1.807) is 11.8 Å². The Hall–Kier alpha value is -0.280. The molecule has 0 amide bonds. The maximum atomic E-state index is 11.7. The predicted molar refractivity (Wildman–Crippen MR) is 83.2 cm³/mol. The molecule has 0 aliphatic heterocycles. The summed E-state index contributed by atoms with van der Waals surface area (Å²) in [4.78, 5) is 12.9. The van der Waals surface area contributed by atoms with E-state index in [9.17, 15) is 4.79 Å². The summed E-state index contributed by atoms with van der Waals surface area (Å²) in [6.07, 6.45) is 2.83. The third-order valence-corrected chi connectivity index (χ3v) is 4.20. The van der Waals surface area contributed by atoms with Gasteiger partial charge in [0.1, 0.15) is 5.78 Å². The molecule has 18 heavy (non-hydrogen) atoms. The first kappa shape index (κ1) is 15.8. The summed E-state index contributed by atoms with van der Waals surface area (Å²) in [6, 6.07) is 8.09. The van der Waals surface area contributed by atoms with E-state index in [-0.39, 0.29) is 0 Å². The minimum absolute atomic E-state index is 0.332. The van der Waals surface area contributed by atoms with Gasteiger partial charge in [0.25, 0.3) is 0 Å². The number of hydrogen-bond acceptors (Lipinski definition) is 2. The minimum atomic E-state index is 0.332. The summed E-state index contributed by atoms with van der Waals surface area (Å²) in [5.41, 5.74) is 0.332. The predicted octanol–water partition coefficient (Wildman–Crippen LogP) is 5.33. The van der Waals surface area contributed by atoms with Gasteiger partial charge >= 0.3 is 0 Å². The Morgan fingerprint density at radius 3 is 2.39 bits per heavy atom. The van der Waals surface area contributed by atoms with Crippen molar-refractivity contribution in [3.63, 3.8) is 0 Å². The van der Waals surface area contributed by atoms with Crippen molar-refractivity contribution < 1.29 is 4.79 Å². The molecule has 0 aliphatic carbocycles. The summed E-state index contributed by atoms with van der Waals surface area (Å²) < 4.78 is 1.07. The van der Waals surface area contributed by atoms with Gasteiger partial charge < -0.3 is 0 Å². The molecule has 0 aromatic heterocycles. The Bertz CT molecular complexity index is 378. The van der Waals surface area contributed by atoms with Gasteiger partial charge in [0.05, 0.1) is 5.75 Å². The van der Waals surface area contributed by atoms with E-state index in [0.29, 0.717) is 23.4 Å². The topological polar surface area (TPSA) is 17.1 Å². The molecule has 0 bridgehead atoms. The van der Waals surface area contributed by atoms with Crippen LogP contribution in [0.25, 0.3) is 0 Å². The lowest BCUT2D eigenvalue weighted by molar-refractivity contribution is -0.116. The van der Waals surface area contributed by atoms with E-state index in [1.165, 1.54) is 0 Å². The van der Waals surface area contributed by atoms with Crippen LogP contribution < -0.4 is 0 Å². The molecule has 0 atom stereocenters. The Morgan fingerprint density at radius 1 is 1.22 bits per heavy atom. The van der Waals surface area contributed by atoms with Gasteiger partial charge in [0, 0.05) is 15.8 Å². The van der Waals surface area contributed by atoms with Gasteiger partial charge in [-0.1, -0.05) is 36.7 Å². The van der Waals surface area contributed by atoms with E-state index in [0.717, 1.165) is 22.2 Å². The summed E-state index contributed by atoms with van der Waals surface area (Å²) in [5.74, 6) is 0.943. The molecule has 0 heterocycles. The van der Waals surface area contributed by atoms with Gasteiger partial charge in [0.2, 0.25) is 0 Å². The summed E-state index contributed by atoms with van der Waals surface area (Å²) in [7, 11) is 0. The van der Waals surface area contributed by atoms with E-state index >= 15 is 0 Å². The second kappa shape index (κ2) is 7.34. The second-order valence-corrected chi connectivity index (χ2v) is 7.66. The fourth-order valence-corrected chi connectivity index (χ4v) is 2.65. The molecule has 3 heteroatoms. The van der Waals surface area contributed by atoms with E-state index in [4.69, 9.17) is 0 Å². The van der Waals surface area contributed by atoms with Gasteiger partial charge in [-0.3, -0.25) is 4.79 Å². The van der Waals surface area contributed by atoms with Crippen molar-refractivity contribution in [2.45, 2.75) is 44.9 Å². The normalized spacial score (nSPS) is 11.6. The average molecular weight is 329 g/mol. The molecule has 100 valence electrons. The zero-order valence-electron chi connectivity index (χ0n) is 11.3. The Kier molecular flexibility index (Phi) is 6.44. The van der Waals surface area contributed by atoms with Crippen LogP contribution in [0.1, 0.15) is 40.0 Å². The van der Waals surface area contributed by atoms with Crippen LogP contribution in [0.5, 0.6) is 0 Å². The molecule has 0 N–H and O–H groups in total. The highest BCUT2D eigenvalue weighted by atomic mass is 79.9. The molecule has 1 rings (SSSR count). The average Bonchev–Trinajstić information content (AvgIpc) is 2.26. The van der Waals surface area contributed by atoms with Crippen LogP contribution in [0.4, 0.5) is 0 Å². The van der Waals surface area contributed by atoms with Crippen LogP contribution in [0.3, 0.4) is 0 Å². The number of carbonyl (C=O) groups is 1. The molecule has 0 radical (unpaired) electrons. The van der Waals surface area contributed by atoms with Crippen molar-refractivity contribution in [1.82, 2.24) is 0 Å². The van der Waals surface area contributed by atoms with Crippen molar-refractivity contribution in [3.8, 4) is 0 Å². The molecule has 1 nitrogen and oxygen atoms in total. The molecule has 0 saturated heterocycles. The standard InChI is InChI=1S/C15H21BrOS/c1-15(2,3)10-4-5-13(17)11-18-14-8-6-12(16)7-9-14/h6-9H,4-5,10-11H2,1-3H3. The number of thioether (sulfide) groups is 1. The number of hydrogen-bond donors (Lipinski definition) is 0. The molecule has 0 fully saturated rings. The monoisotopic (exact) mass is 328 g/mol. The number of rotatable bonds is 6. The zero-order valence-corrected chi connectivity index (χ0v) is 13.7. The number of benzene rings is 1. The van der Waals surface area contributed by atoms with Crippen LogP contribution in [-0.4, -0.2) is 11.5 Å². The van der Waals surface area contributed by atoms with Gasteiger partial charge in [-0.2, -0.15) is 0 Å². The Labute approximate surface area is 123 Å². The first-order valence-corrected chi connectivity index (χ1v) is 8.05. The minimum Gasteiger partial charge on any atom is -0.299 e. The summed E-state index contributed by atoms with van der Waals surface area (Å²) in [6.45, 7) is 6.65. The van der Waals surface area contributed by atoms with Crippen molar-refractivity contribution in [3.05, 3.63) is 28.7 Å². The van der Waals surface area contributed by atoms with Gasteiger partial charge in [-0.05, 0) is 42.5 Å². The second-order valence-electron chi connectivity index (χ2n) is 5.70. The first-order valence-electron chi connectivity index (χ1n) is 6.27. The SMILES string of the molecule is CC(C)(C)CCCC(=O)CSc1ccc(Br)cc1. The molecular formula is C15H21BrOS. The largest absolute Gasteiger partial charge is 0.299 e. The van der Waals surface area contributed by atoms with E-state index in [2.05, 4.69) is 36.7 Å². The maximum Gasteiger partial charge on any atom is 0.143 e. The van der Waals surface area contributed by atoms with Crippen molar-refractivity contribution >= 4 is 33.5 Å². The van der Waals surface area contributed by atoms with Crippen LogP contribution in [0, 0.1) is 5.41 Å². The molecule has 0 saturated carbocycles. The highest BCUT2D eigenvalue weighted by molar-refractivity contribution is 9.10. The smallest absolute Gasteiger partial charge is 0.143 e. The number of ketones is 1. The van der Waals surface area contributed by atoms with Crippen LogP contribution >= 0.6 is 27.7 Å². The third-order valence-electron chi connectivity index (χ3n) is 2.60.